The van der Waals surface area contributed by atoms with Crippen LogP contribution in [-0.4, -0.2) is 221 Å². The maximum Gasteiger partial charge on any atom is 0.331 e. The monoisotopic (exact) mass is 2100 g/mol. The molecule has 128 heavy (non-hydrogen) atoms. The molecule has 5 rings (SSSR count). The topological polar surface area (TPSA) is 342 Å². The second-order valence-corrected chi connectivity index (χ2v) is 56.0. The highest BCUT2D eigenvalue weighted by Crippen LogP contribution is 2.60. The highest BCUT2D eigenvalue weighted by Gasteiger charge is 2.36. The second-order valence-electron chi connectivity index (χ2n) is 29.7. The first-order valence-electron chi connectivity index (χ1n) is 46.0. The predicted octanol–water partition coefficient (Wildman–Crippen LogP) is 29.6. The van der Waals surface area contributed by atoms with E-state index in [1.807, 2.05) is 135 Å². The molecule has 5 heterocycles. The van der Waals surface area contributed by atoms with Gasteiger partial charge in [0.1, 0.15) is 0 Å². The minimum atomic E-state index is -3.72. The first kappa shape index (κ1) is 119. The van der Waals surface area contributed by atoms with E-state index in [1.54, 1.807) is 0 Å². The van der Waals surface area contributed by atoms with Crippen LogP contribution in [0, 0.1) is 0 Å². The SMILES string of the molecule is CCCOP(=O)(CCSC1=C(SCCP(=O)(OCCC)OCCC)c2cc3[nH]c(cc4[nH]c(cc5nc(cc1n2)C(SCCP(=O)(OCCC)OCCC)=C5SCCP(=O)(OCCC)OCCC)c(SCCP(=O)(OCCC)OCCC)c4SCCP(=O)(OCCC)OCCC)c(SCCP(=O)(OCCC)OCCC)c3SCCP(=O)(OCCC)OCCC)OCCC. The molecular formula is C84H150N4O24P8S8. The fraction of sp³-hybridized carbons (Fsp3) is 0.762. The van der Waals surface area contributed by atoms with Crippen molar-refractivity contribution in [2.45, 2.75) is 233 Å². The summed E-state index contributed by atoms with van der Waals surface area (Å²) in [5, 5.41) is 0. The van der Waals surface area contributed by atoms with E-state index in [2.05, 4.69) is 9.97 Å². The normalized spacial score (nSPS) is 13.6. The van der Waals surface area contributed by atoms with Gasteiger partial charge < -0.3 is 82.3 Å². The van der Waals surface area contributed by atoms with E-state index in [1.165, 1.54) is 94.1 Å². The summed E-state index contributed by atoms with van der Waals surface area (Å²) in [7, 11) is -29.8. The van der Waals surface area contributed by atoms with E-state index >= 15 is 36.5 Å². The zero-order chi connectivity index (χ0) is 93.8. The van der Waals surface area contributed by atoms with Crippen LogP contribution in [-0.2, 0) is 109 Å². The molecule has 0 fully saturated rings. The maximum atomic E-state index is 15.0. The zero-order valence-electron chi connectivity index (χ0n) is 78.8. The number of nitrogens with one attached hydrogen (secondary N) is 2. The third-order valence-electron chi connectivity index (χ3n) is 17.6. The van der Waals surface area contributed by atoms with Crippen molar-refractivity contribution in [1.29, 1.82) is 0 Å². The summed E-state index contributed by atoms with van der Waals surface area (Å²) >= 11 is 11.4. The number of hydrogen-bond acceptors (Lipinski definition) is 34. The van der Waals surface area contributed by atoms with Gasteiger partial charge in [-0.2, -0.15) is 0 Å². The van der Waals surface area contributed by atoms with Gasteiger partial charge in [-0.15, -0.1) is 94.1 Å². The molecule has 0 amide bonds. The summed E-state index contributed by atoms with van der Waals surface area (Å²) in [6.07, 6.45) is 9.68. The van der Waals surface area contributed by atoms with Crippen molar-refractivity contribution in [3.8, 4) is 0 Å². The van der Waals surface area contributed by atoms with Crippen molar-refractivity contribution < 1.29 is 109 Å². The van der Waals surface area contributed by atoms with Crippen LogP contribution in [0.5, 0.6) is 0 Å². The van der Waals surface area contributed by atoms with E-state index in [4.69, 9.17) is 82.3 Å². The van der Waals surface area contributed by atoms with Gasteiger partial charge in [-0.05, 0) is 127 Å². The Balaban J connectivity index is 2.27. The summed E-state index contributed by atoms with van der Waals surface area (Å²) in [5.41, 5.74) is 4.08. The van der Waals surface area contributed by atoms with E-state index in [0.717, 1.165) is 0 Å². The molecule has 44 heteroatoms. The smallest absolute Gasteiger partial charge is 0.331 e. The molecule has 0 unspecified atom stereocenters. The Hall–Kier alpha value is 0.600. The Morgan fingerprint density at radius 2 is 0.336 bits per heavy atom. The minimum absolute atomic E-state index is 0.0111. The third-order valence-corrected chi connectivity index (χ3v) is 44.9. The van der Waals surface area contributed by atoms with E-state index < -0.39 is 60.8 Å². The quantitative estimate of drug-likeness (QED) is 0.0391. The second kappa shape index (κ2) is 65.6. The summed E-state index contributed by atoms with van der Waals surface area (Å²) in [6.45, 7) is 34.5. The van der Waals surface area contributed by atoms with E-state index in [0.29, 0.717) is 187 Å². The minimum Gasteiger partial charge on any atom is -0.354 e. The summed E-state index contributed by atoms with van der Waals surface area (Å²) in [5.74, 6) is 1.71. The number of rotatable bonds is 80. The van der Waals surface area contributed by atoms with Gasteiger partial charge in [0.15, 0.2) is 0 Å². The fourth-order valence-corrected chi connectivity index (χ4v) is 38.6. The molecule has 0 saturated heterocycles. The molecule has 28 nitrogen and oxygen atoms in total. The summed E-state index contributed by atoms with van der Waals surface area (Å²) < 4.78 is 219. The largest absolute Gasteiger partial charge is 0.354 e. The van der Waals surface area contributed by atoms with Gasteiger partial charge in [0.05, 0.1) is 200 Å². The molecule has 0 saturated carbocycles. The average Bonchev–Trinajstić information content (AvgIpc) is 1.61. The Bertz CT molecular complexity index is 4040. The van der Waals surface area contributed by atoms with Crippen LogP contribution in [0.4, 0.5) is 0 Å². The third kappa shape index (κ3) is 42.6. The lowest BCUT2D eigenvalue weighted by atomic mass is 10.3. The lowest BCUT2D eigenvalue weighted by molar-refractivity contribution is 0.205. The van der Waals surface area contributed by atoms with Crippen molar-refractivity contribution in [3.63, 3.8) is 0 Å². The number of aromatic nitrogens is 4. The summed E-state index contributed by atoms with van der Waals surface area (Å²) in [4.78, 5) is 24.7. The highest BCUT2D eigenvalue weighted by atomic mass is 32.2. The van der Waals surface area contributed by atoms with Gasteiger partial charge >= 0.3 is 60.8 Å². The molecule has 0 atom stereocenters. The maximum absolute atomic E-state index is 15.0. The van der Waals surface area contributed by atoms with Crippen molar-refractivity contribution in [1.82, 2.24) is 19.9 Å². The number of fused-ring (bicyclic) bond motifs is 8. The molecule has 0 aromatic carbocycles. The molecule has 0 aliphatic carbocycles. The van der Waals surface area contributed by atoms with Gasteiger partial charge in [0.25, 0.3) is 0 Å². The van der Waals surface area contributed by atoms with Crippen molar-refractivity contribution >= 4 is 197 Å². The number of hydrogen-bond donors (Lipinski definition) is 2. The van der Waals surface area contributed by atoms with Crippen LogP contribution in [0.25, 0.3) is 41.7 Å². The van der Waals surface area contributed by atoms with Crippen LogP contribution >= 0.6 is 155 Å². The molecular weight excluding hydrogens is 1950 g/mol. The number of thioether (sulfide) groups is 8. The zero-order valence-corrected chi connectivity index (χ0v) is 92.5. The van der Waals surface area contributed by atoms with Crippen LogP contribution < -0.4 is 0 Å². The number of H-pyrrole nitrogens is 2. The molecule has 0 spiro atoms. The molecule has 2 N–H and O–H groups in total. The molecule has 2 aliphatic rings. The van der Waals surface area contributed by atoms with Gasteiger partial charge in [0.2, 0.25) is 0 Å². The van der Waals surface area contributed by atoms with E-state index in [9.17, 15) is 0 Å². The fourth-order valence-electron chi connectivity index (χ4n) is 11.5. The lowest BCUT2D eigenvalue weighted by Crippen LogP contribution is -2.04. The Kier molecular flexibility index (Phi) is 61.0. The molecule has 8 bridgehead atoms. The standard InChI is InChI=1S/C84H150N4O24P8S8/c1-17-33-97-113(89,98-34-18-2)49-57-121-77-69-65-71-79(123-59-51-115(91,101-37-21-5)102-38-22-6)81(125-61-53-117(93,105-41-25-9)106-42-26-10)73(86-71)67-75-83(127-63-55-119(95,109-45-29-13)110-46-30-14)84(128-64-56-120(96,111-47-31-15)112-48-32-16)76(88-75)68-74-82(126-62-54-118(94,107-43-27-11)108-44-28-12)80(124-60-52-116(92,103-39-23-7)104-40-24-8)72(87-74)66-70(85-69)78(77)122-58-50-114(90,99-35-19-3)100-36-20-4/h65-68,85-86H,17-64H2,1-16H3. The predicted molar refractivity (Wildman–Crippen MR) is 547 cm³/mol. The van der Waals surface area contributed by atoms with E-state index in [-0.39, 0.29) is 201 Å². The van der Waals surface area contributed by atoms with Gasteiger partial charge in [-0.3, -0.25) is 36.5 Å². The first-order chi connectivity index (χ1) is 61.6. The molecule has 2 aliphatic heterocycles. The molecule has 0 radical (unpaired) electrons. The summed E-state index contributed by atoms with van der Waals surface area (Å²) in [6, 6.07) is 7.89. The van der Waals surface area contributed by atoms with Crippen LogP contribution in [0.1, 0.15) is 236 Å². The van der Waals surface area contributed by atoms with Gasteiger partial charge in [0, 0.05) is 85.2 Å². The number of aromatic amines is 2. The first-order valence-corrected chi connectivity index (χ1v) is 67.7. The number of nitrogens with zero attached hydrogens (tertiary/aromatic N) is 2. The van der Waals surface area contributed by atoms with Crippen molar-refractivity contribution in [3.05, 3.63) is 47.0 Å². The average molecular weight is 2100 g/mol. The molecule has 3 aromatic heterocycles. The Morgan fingerprint density at radius 1 is 0.203 bits per heavy atom. The Morgan fingerprint density at radius 3 is 0.484 bits per heavy atom. The van der Waals surface area contributed by atoms with Gasteiger partial charge in [-0.25, -0.2) is 9.97 Å². The van der Waals surface area contributed by atoms with Crippen LogP contribution in [0.15, 0.2) is 43.8 Å². The van der Waals surface area contributed by atoms with Crippen LogP contribution in [0.2, 0.25) is 0 Å². The Labute approximate surface area is 800 Å². The van der Waals surface area contributed by atoms with Crippen molar-refractivity contribution in [2.24, 2.45) is 0 Å². The molecule has 738 valence electrons. The van der Waals surface area contributed by atoms with Crippen molar-refractivity contribution in [2.75, 3.05) is 201 Å². The highest BCUT2D eigenvalue weighted by molar-refractivity contribution is 8.14. The van der Waals surface area contributed by atoms with Crippen LogP contribution in [0.3, 0.4) is 0 Å². The lowest BCUT2D eigenvalue weighted by Gasteiger charge is -2.19. The van der Waals surface area contributed by atoms with Gasteiger partial charge in [-0.1, -0.05) is 111 Å². The molecule has 3 aromatic rings.